The van der Waals surface area contributed by atoms with Gasteiger partial charge in [0.25, 0.3) is 0 Å². The van der Waals surface area contributed by atoms with Gasteiger partial charge in [-0.2, -0.15) is 5.26 Å². The minimum atomic E-state index is -0.463. The van der Waals surface area contributed by atoms with Crippen LogP contribution in [0, 0.1) is 25.2 Å². The predicted octanol–water partition coefficient (Wildman–Crippen LogP) is 3.30. The summed E-state index contributed by atoms with van der Waals surface area (Å²) in [6.45, 7) is 3.77. The van der Waals surface area contributed by atoms with Crippen molar-refractivity contribution in [3.8, 4) is 11.8 Å². The van der Waals surface area contributed by atoms with E-state index in [9.17, 15) is 4.79 Å². The van der Waals surface area contributed by atoms with Crippen LogP contribution in [0.2, 0.25) is 0 Å². The average Bonchev–Trinajstić information content (AvgIpc) is 2.52. The van der Waals surface area contributed by atoms with E-state index >= 15 is 0 Å². The van der Waals surface area contributed by atoms with Crippen LogP contribution in [0.3, 0.4) is 0 Å². The van der Waals surface area contributed by atoms with E-state index in [0.29, 0.717) is 16.9 Å². The zero-order valence-electron chi connectivity index (χ0n) is 12.6. The van der Waals surface area contributed by atoms with Crippen LogP contribution in [0.25, 0.3) is 0 Å². The van der Waals surface area contributed by atoms with Gasteiger partial charge in [-0.05, 0) is 31.0 Å². The maximum Gasteiger partial charge on any atom is 0.344 e. The number of para-hydroxylation sites is 1. The fourth-order valence-corrected chi connectivity index (χ4v) is 2.11. The highest BCUT2D eigenvalue weighted by molar-refractivity contribution is 5.71. The van der Waals surface area contributed by atoms with Gasteiger partial charge in [-0.1, -0.05) is 36.4 Å². The number of nitrogens with zero attached hydrogens (tertiary/aromatic N) is 1. The molecule has 2 aromatic carbocycles. The predicted molar refractivity (Wildman–Crippen MR) is 82.4 cm³/mol. The van der Waals surface area contributed by atoms with Gasteiger partial charge in [-0.3, -0.25) is 0 Å². The molecular weight excluding hydrogens is 278 g/mol. The standard InChI is InChI=1S/C18H17NO3/c1-13-6-5-7-14(2)18(13)22-12-17(20)21-11-16-9-4-3-8-15(16)10-19/h3-9H,11-12H2,1-2H3. The molecule has 0 aliphatic carbocycles. The van der Waals surface area contributed by atoms with Crippen molar-refractivity contribution in [2.24, 2.45) is 0 Å². The van der Waals surface area contributed by atoms with Crippen molar-refractivity contribution in [2.45, 2.75) is 20.5 Å². The summed E-state index contributed by atoms with van der Waals surface area (Å²) < 4.78 is 10.7. The molecule has 112 valence electrons. The summed E-state index contributed by atoms with van der Waals surface area (Å²) >= 11 is 0. The van der Waals surface area contributed by atoms with Crippen molar-refractivity contribution in [1.82, 2.24) is 0 Å². The molecule has 4 heteroatoms. The van der Waals surface area contributed by atoms with Crippen LogP contribution in [0.1, 0.15) is 22.3 Å². The summed E-state index contributed by atoms with van der Waals surface area (Å²) in [4.78, 5) is 11.8. The SMILES string of the molecule is Cc1cccc(C)c1OCC(=O)OCc1ccccc1C#N. The van der Waals surface area contributed by atoms with Crippen molar-refractivity contribution in [2.75, 3.05) is 6.61 Å². The van der Waals surface area contributed by atoms with Gasteiger partial charge >= 0.3 is 5.97 Å². The molecule has 0 radical (unpaired) electrons. The second-order valence-corrected chi connectivity index (χ2v) is 4.94. The summed E-state index contributed by atoms with van der Waals surface area (Å²) in [5.41, 5.74) is 3.14. The van der Waals surface area contributed by atoms with Crippen LogP contribution >= 0.6 is 0 Å². The Balaban J connectivity index is 1.90. The third-order valence-corrected chi connectivity index (χ3v) is 3.27. The Hall–Kier alpha value is -2.80. The number of hydrogen-bond acceptors (Lipinski definition) is 4. The van der Waals surface area contributed by atoms with Gasteiger partial charge in [0.15, 0.2) is 6.61 Å². The van der Waals surface area contributed by atoms with E-state index in [0.717, 1.165) is 11.1 Å². The van der Waals surface area contributed by atoms with Gasteiger partial charge in [0.2, 0.25) is 0 Å². The van der Waals surface area contributed by atoms with E-state index in [4.69, 9.17) is 14.7 Å². The number of ether oxygens (including phenoxy) is 2. The highest BCUT2D eigenvalue weighted by atomic mass is 16.6. The molecule has 4 nitrogen and oxygen atoms in total. The molecule has 2 aromatic rings. The van der Waals surface area contributed by atoms with E-state index < -0.39 is 5.97 Å². The Kier molecular flexibility index (Phi) is 5.16. The van der Waals surface area contributed by atoms with E-state index in [-0.39, 0.29) is 13.2 Å². The second kappa shape index (κ2) is 7.28. The minimum absolute atomic E-state index is 0.0681. The molecule has 0 N–H and O–H groups in total. The summed E-state index contributed by atoms with van der Waals surface area (Å²) in [5, 5.41) is 8.98. The third-order valence-electron chi connectivity index (χ3n) is 3.27. The van der Waals surface area contributed by atoms with Crippen LogP contribution in [0.15, 0.2) is 42.5 Å². The zero-order chi connectivity index (χ0) is 15.9. The number of benzene rings is 2. The number of nitriles is 1. The van der Waals surface area contributed by atoms with E-state index in [1.807, 2.05) is 32.0 Å². The Bertz CT molecular complexity index is 696. The molecule has 0 spiro atoms. The van der Waals surface area contributed by atoms with E-state index in [1.165, 1.54) is 0 Å². The molecule has 0 unspecified atom stereocenters. The summed E-state index contributed by atoms with van der Waals surface area (Å²) in [7, 11) is 0. The zero-order valence-corrected chi connectivity index (χ0v) is 12.6. The normalized spacial score (nSPS) is 9.86. The lowest BCUT2D eigenvalue weighted by Gasteiger charge is -2.11. The van der Waals surface area contributed by atoms with Gasteiger partial charge in [0, 0.05) is 5.56 Å². The molecule has 0 fully saturated rings. The first-order valence-corrected chi connectivity index (χ1v) is 6.94. The lowest BCUT2D eigenvalue weighted by atomic mass is 10.1. The fraction of sp³-hybridized carbons (Fsp3) is 0.222. The topological polar surface area (TPSA) is 59.3 Å². The van der Waals surface area contributed by atoms with Crippen molar-refractivity contribution in [3.63, 3.8) is 0 Å². The average molecular weight is 295 g/mol. The van der Waals surface area contributed by atoms with Crippen molar-refractivity contribution in [3.05, 3.63) is 64.7 Å². The maximum atomic E-state index is 11.8. The quantitative estimate of drug-likeness (QED) is 0.794. The maximum absolute atomic E-state index is 11.8. The van der Waals surface area contributed by atoms with Crippen molar-refractivity contribution < 1.29 is 14.3 Å². The molecular formula is C18H17NO3. The van der Waals surface area contributed by atoms with Gasteiger partial charge < -0.3 is 9.47 Å². The molecule has 0 bridgehead atoms. The van der Waals surface area contributed by atoms with Crippen LogP contribution in [-0.2, 0) is 16.1 Å². The lowest BCUT2D eigenvalue weighted by Crippen LogP contribution is -2.15. The molecule has 0 saturated heterocycles. The highest BCUT2D eigenvalue weighted by Crippen LogP contribution is 2.22. The number of hydrogen-bond donors (Lipinski definition) is 0. The molecule has 0 aliphatic rings. The summed E-state index contributed by atoms with van der Waals surface area (Å²) in [6.07, 6.45) is 0. The number of carbonyl (C=O) groups is 1. The molecule has 0 aromatic heterocycles. The molecule has 0 saturated carbocycles. The molecule has 22 heavy (non-hydrogen) atoms. The second-order valence-electron chi connectivity index (χ2n) is 4.94. The Morgan fingerprint density at radius 2 is 1.77 bits per heavy atom. The van der Waals surface area contributed by atoms with Gasteiger partial charge in [-0.25, -0.2) is 4.79 Å². The van der Waals surface area contributed by atoms with Crippen molar-refractivity contribution >= 4 is 5.97 Å². The van der Waals surface area contributed by atoms with Gasteiger partial charge in [0.1, 0.15) is 12.4 Å². The van der Waals surface area contributed by atoms with Crippen LogP contribution in [-0.4, -0.2) is 12.6 Å². The Morgan fingerprint density at radius 1 is 1.09 bits per heavy atom. The van der Waals surface area contributed by atoms with Crippen LogP contribution in [0.4, 0.5) is 0 Å². The molecule has 2 rings (SSSR count). The Morgan fingerprint density at radius 3 is 2.45 bits per heavy atom. The monoisotopic (exact) mass is 295 g/mol. The molecule has 0 aliphatic heterocycles. The smallest absolute Gasteiger partial charge is 0.344 e. The first kappa shape index (κ1) is 15.6. The number of carbonyl (C=O) groups excluding carboxylic acids is 1. The first-order valence-electron chi connectivity index (χ1n) is 6.94. The summed E-state index contributed by atoms with van der Waals surface area (Å²) in [5.74, 6) is 0.243. The van der Waals surface area contributed by atoms with Crippen molar-refractivity contribution in [1.29, 1.82) is 5.26 Å². The largest absolute Gasteiger partial charge is 0.481 e. The van der Waals surface area contributed by atoms with E-state index in [1.54, 1.807) is 24.3 Å². The lowest BCUT2D eigenvalue weighted by molar-refractivity contribution is -0.147. The molecule has 0 heterocycles. The number of esters is 1. The molecule has 0 amide bonds. The van der Waals surface area contributed by atoms with Gasteiger partial charge in [-0.15, -0.1) is 0 Å². The minimum Gasteiger partial charge on any atom is -0.481 e. The first-order chi connectivity index (χ1) is 10.6. The third kappa shape index (κ3) is 3.86. The molecule has 0 atom stereocenters. The van der Waals surface area contributed by atoms with Crippen LogP contribution < -0.4 is 4.74 Å². The number of aryl methyl sites for hydroxylation is 2. The summed E-state index contributed by atoms with van der Waals surface area (Å²) in [6, 6.07) is 14.9. The van der Waals surface area contributed by atoms with E-state index in [2.05, 4.69) is 6.07 Å². The van der Waals surface area contributed by atoms with Gasteiger partial charge in [0.05, 0.1) is 11.6 Å². The highest BCUT2D eigenvalue weighted by Gasteiger charge is 2.09. The number of rotatable bonds is 5. The van der Waals surface area contributed by atoms with Crippen LogP contribution in [0.5, 0.6) is 5.75 Å². The fourth-order valence-electron chi connectivity index (χ4n) is 2.11. The Labute approximate surface area is 129 Å².